The van der Waals surface area contributed by atoms with Crippen LogP contribution in [-0.4, -0.2) is 52.9 Å². The molecule has 0 bridgehead atoms. The molecule has 0 atom stereocenters. The second kappa shape index (κ2) is 41.4. The average Bonchev–Trinajstić information content (AvgIpc) is 1.64. The number of unbranched alkanes of at least 4 members (excludes halogenated alkanes) is 10. The Kier molecular flexibility index (Phi) is 31.8. The van der Waals surface area contributed by atoms with Crippen LogP contribution in [0.15, 0.2) is 97.1 Å². The van der Waals surface area contributed by atoms with E-state index in [2.05, 4.69) is 228 Å². The molecule has 12 aromatic rings. The number of hydrogen-bond acceptors (Lipinski definition) is 12. The Morgan fingerprint density at radius 3 is 0.594 bits per heavy atom. The van der Waals surface area contributed by atoms with Gasteiger partial charge in [-0.25, -0.2) is 0 Å². The van der Waals surface area contributed by atoms with E-state index in [9.17, 15) is 0 Å². The van der Waals surface area contributed by atoms with Crippen LogP contribution in [0.25, 0.3) is 80.7 Å². The number of ether oxygens (including phenoxy) is 8. The molecular weight excluding hydrogens is 1390 g/mol. The van der Waals surface area contributed by atoms with Crippen molar-refractivity contribution in [3.8, 4) is 93.4 Å². The molecular formula is C94H108O8S4. The molecule has 0 radical (unpaired) electrons. The first-order valence-corrected chi connectivity index (χ1v) is 41.4. The van der Waals surface area contributed by atoms with Gasteiger partial charge in [0.1, 0.15) is 72.4 Å². The van der Waals surface area contributed by atoms with Gasteiger partial charge in [0, 0.05) is 125 Å². The fraction of sp³-hybridized carbons (Fsp3) is 0.404. The maximum absolute atomic E-state index is 6.11. The molecule has 0 unspecified atom stereocenters. The number of rotatable bonds is 30. The first kappa shape index (κ1) is 81.4. The standard InChI is InChI=1S/C25H30O2S.C24H28O2S.C23H26O2S.C22H24O2S/c1-5-7-9-10-11-17-27-23-15-13-21-20-12-14-22(26-16-8-6-2)18(3)24(20)28-25(21)19(23)4;1-5-7-9-10-16-26-22-14-12-20-19-11-13-21(25-15-8-6-2)17(3)23(19)27-24(20)18(22)4;1-5-7-9-15-25-21-13-11-19-18-10-12-20(24-14-8-6-2)16(3)22(18)26-23(19)17(21)4;1-5-7-13-23-19-11-9-17-18-10-12-20(24-14-8-6-2)16(4)22(18)25-21(17)15(19)3/h12-15H,5,7,9-11,16-17H2,1-4H3;11-14H,5,7,9-10,15-16H2,1-4H3;10-13H,5,7,9,14-15H2,1-4H3;9-12H,5,7,13-14H2,1-4H3. The van der Waals surface area contributed by atoms with Crippen LogP contribution in [0.2, 0.25) is 0 Å². The van der Waals surface area contributed by atoms with E-state index in [0.29, 0.717) is 26.4 Å². The third kappa shape index (κ3) is 20.1. The monoisotopic (exact) mass is 1490 g/mol. The summed E-state index contributed by atoms with van der Waals surface area (Å²) in [7, 11) is 0. The highest BCUT2D eigenvalue weighted by Gasteiger charge is 2.20. The number of fused-ring (bicyclic) bond motifs is 12. The highest BCUT2D eigenvalue weighted by atomic mass is 32.1. The van der Waals surface area contributed by atoms with E-state index in [1.165, 1.54) is 183 Å². The molecule has 0 amide bonds. The van der Waals surface area contributed by atoms with Crippen LogP contribution in [0.4, 0.5) is 0 Å². The van der Waals surface area contributed by atoms with E-state index >= 15 is 0 Å². The molecule has 12 rings (SSSR count). The Morgan fingerprint density at radius 2 is 0.387 bits per heavy atom. The summed E-state index contributed by atoms with van der Waals surface area (Å²) in [6.45, 7) is 38.3. The SMILES string of the molecule is CC#CCOc1ccc2c(sc3c(C)c(OCCCC)ccc32)c1C.CC#CCOc1ccc2c(sc3c(C)c(OCCCCC)ccc32)c1C.CC#CCOc1ccc2c(sc3c(C)c(OCCCCCC)ccc32)c1C.CC#CCOc1ccc2c(sc3c(C)c(OCCCCCCC)ccc32)c1C. The Morgan fingerprint density at radius 1 is 0.217 bits per heavy atom. The van der Waals surface area contributed by atoms with Crippen LogP contribution in [-0.2, 0) is 0 Å². The van der Waals surface area contributed by atoms with Crippen molar-refractivity contribution in [2.45, 2.75) is 201 Å². The minimum Gasteiger partial charge on any atom is -0.493 e. The van der Waals surface area contributed by atoms with E-state index in [1.807, 2.05) is 73.0 Å². The molecule has 106 heavy (non-hydrogen) atoms. The summed E-state index contributed by atoms with van der Waals surface area (Å²) in [5, 5.41) is 10.4. The zero-order valence-electron chi connectivity index (χ0n) is 65.7. The molecule has 0 aliphatic carbocycles. The van der Waals surface area contributed by atoms with Gasteiger partial charge in [0.15, 0.2) is 0 Å². The van der Waals surface area contributed by atoms with Gasteiger partial charge in [0.05, 0.1) is 26.4 Å². The van der Waals surface area contributed by atoms with E-state index in [0.717, 1.165) is 105 Å². The zero-order chi connectivity index (χ0) is 75.5. The van der Waals surface area contributed by atoms with Crippen LogP contribution in [0.3, 0.4) is 0 Å². The molecule has 4 aromatic heterocycles. The molecule has 0 spiro atoms. The fourth-order valence-corrected chi connectivity index (χ4v) is 18.1. The summed E-state index contributed by atoms with van der Waals surface area (Å²) in [6, 6.07) is 34.2. The fourth-order valence-electron chi connectivity index (χ4n) is 13.0. The smallest absolute Gasteiger partial charge is 0.149 e. The van der Waals surface area contributed by atoms with Crippen molar-refractivity contribution >= 4 is 126 Å². The minimum atomic E-state index is 0.433. The molecule has 12 heteroatoms. The molecule has 0 fully saturated rings. The van der Waals surface area contributed by atoms with Gasteiger partial charge in [-0.3, -0.25) is 0 Å². The molecule has 0 aliphatic heterocycles. The normalized spacial score (nSPS) is 10.8. The Labute approximate surface area is 647 Å². The summed E-state index contributed by atoms with van der Waals surface area (Å²) < 4.78 is 57.8. The van der Waals surface area contributed by atoms with Crippen molar-refractivity contribution in [3.05, 3.63) is 142 Å². The summed E-state index contributed by atoms with van der Waals surface area (Å²) in [4.78, 5) is 0. The van der Waals surface area contributed by atoms with Gasteiger partial charge in [-0.05, 0) is 206 Å². The third-order valence-corrected chi connectivity index (χ3v) is 25.1. The van der Waals surface area contributed by atoms with Crippen LogP contribution in [0, 0.1) is 103 Å². The second-order valence-electron chi connectivity index (χ2n) is 26.7. The molecule has 556 valence electrons. The highest BCUT2D eigenvalue weighted by Crippen LogP contribution is 2.47. The number of aryl methyl sites for hydroxylation is 8. The third-order valence-electron chi connectivity index (χ3n) is 19.3. The van der Waals surface area contributed by atoms with Gasteiger partial charge in [-0.1, -0.05) is 116 Å². The predicted molar refractivity (Wildman–Crippen MR) is 460 cm³/mol. The Balaban J connectivity index is 0.000000164. The lowest BCUT2D eigenvalue weighted by Gasteiger charge is -2.09. The molecule has 0 aliphatic rings. The number of hydrogen-bond donors (Lipinski definition) is 0. The van der Waals surface area contributed by atoms with Crippen LogP contribution < -0.4 is 37.9 Å². The van der Waals surface area contributed by atoms with E-state index in [-0.39, 0.29) is 0 Å². The lowest BCUT2D eigenvalue weighted by Crippen LogP contribution is -1.98. The first-order chi connectivity index (χ1) is 51.7. The van der Waals surface area contributed by atoms with E-state index in [1.54, 1.807) is 0 Å². The van der Waals surface area contributed by atoms with Crippen molar-refractivity contribution in [3.63, 3.8) is 0 Å². The Bertz CT molecular complexity index is 5220. The quantitative estimate of drug-likeness (QED) is 0.0326. The lowest BCUT2D eigenvalue weighted by molar-refractivity contribution is 0.303. The molecule has 0 N–H and O–H groups in total. The highest BCUT2D eigenvalue weighted by molar-refractivity contribution is 7.27. The van der Waals surface area contributed by atoms with Crippen molar-refractivity contribution in [1.29, 1.82) is 0 Å². The van der Waals surface area contributed by atoms with Crippen molar-refractivity contribution in [1.82, 2.24) is 0 Å². The van der Waals surface area contributed by atoms with Gasteiger partial charge >= 0.3 is 0 Å². The predicted octanol–water partition coefficient (Wildman–Crippen LogP) is 27.3. The minimum absolute atomic E-state index is 0.433. The van der Waals surface area contributed by atoms with Crippen molar-refractivity contribution < 1.29 is 37.9 Å². The summed E-state index contributed by atoms with van der Waals surface area (Å²) >= 11 is 7.33. The van der Waals surface area contributed by atoms with Crippen LogP contribution in [0.1, 0.15) is 190 Å². The van der Waals surface area contributed by atoms with Gasteiger partial charge < -0.3 is 37.9 Å². The second-order valence-corrected chi connectivity index (χ2v) is 30.8. The summed E-state index contributed by atoms with van der Waals surface area (Å²) in [5.74, 6) is 31.0. The summed E-state index contributed by atoms with van der Waals surface area (Å²) in [6.07, 6.45) is 17.0. The Hall–Kier alpha value is -8.72. The zero-order valence-corrected chi connectivity index (χ0v) is 69.0. The topological polar surface area (TPSA) is 73.8 Å². The van der Waals surface area contributed by atoms with Gasteiger partial charge in [-0.2, -0.15) is 0 Å². The van der Waals surface area contributed by atoms with Crippen molar-refractivity contribution in [2.24, 2.45) is 0 Å². The molecule has 8 aromatic carbocycles. The maximum Gasteiger partial charge on any atom is 0.149 e. The average molecular weight is 1490 g/mol. The van der Waals surface area contributed by atoms with Crippen molar-refractivity contribution in [2.75, 3.05) is 52.9 Å². The summed E-state index contributed by atoms with van der Waals surface area (Å²) in [5.41, 5.74) is 9.69. The van der Waals surface area contributed by atoms with Gasteiger partial charge in [0.25, 0.3) is 0 Å². The number of benzene rings is 8. The van der Waals surface area contributed by atoms with E-state index in [4.69, 9.17) is 37.9 Å². The largest absolute Gasteiger partial charge is 0.493 e. The van der Waals surface area contributed by atoms with Gasteiger partial charge in [0.2, 0.25) is 0 Å². The molecule has 0 saturated carbocycles. The maximum atomic E-state index is 6.11. The molecule has 0 saturated heterocycles. The van der Waals surface area contributed by atoms with E-state index < -0.39 is 0 Å². The van der Waals surface area contributed by atoms with Crippen LogP contribution in [0.5, 0.6) is 46.0 Å². The molecule has 8 nitrogen and oxygen atoms in total. The molecule has 4 heterocycles. The van der Waals surface area contributed by atoms with Crippen LogP contribution >= 0.6 is 45.3 Å². The number of thiophene rings is 4. The lowest BCUT2D eigenvalue weighted by atomic mass is 10.1. The first-order valence-electron chi connectivity index (χ1n) is 38.1. The van der Waals surface area contributed by atoms with Gasteiger partial charge in [-0.15, -0.1) is 69.0 Å².